The first-order valence-corrected chi connectivity index (χ1v) is 6.17. The van der Waals surface area contributed by atoms with Crippen LogP contribution in [0.5, 0.6) is 0 Å². The van der Waals surface area contributed by atoms with Crippen molar-refractivity contribution >= 4 is 5.96 Å². The van der Waals surface area contributed by atoms with Crippen LogP contribution in [0.25, 0.3) is 0 Å². The number of hydrogen-bond acceptors (Lipinski definition) is 3. The van der Waals surface area contributed by atoms with Crippen molar-refractivity contribution in [1.82, 2.24) is 15.8 Å². The number of guanidine groups is 1. The molecule has 1 aliphatic carbocycles. The molecule has 0 amide bonds. The molecule has 1 aromatic rings. The molecular weight excluding hydrogens is 216 g/mol. The first-order chi connectivity index (χ1) is 8.20. The Kier molecular flexibility index (Phi) is 3.66. The van der Waals surface area contributed by atoms with E-state index < -0.39 is 0 Å². The molecule has 1 heterocycles. The number of aliphatic imine (C=N–C) groups is 1. The lowest BCUT2D eigenvalue weighted by atomic mass is 10.2. The number of hydrogen-bond donors (Lipinski definition) is 2. The predicted octanol–water partition coefficient (Wildman–Crippen LogP) is 1.51. The summed E-state index contributed by atoms with van der Waals surface area (Å²) in [6.07, 6.45) is 2.49. The molecule has 17 heavy (non-hydrogen) atoms. The summed E-state index contributed by atoms with van der Waals surface area (Å²) in [5, 5.41) is 10.6. The Morgan fingerprint density at radius 3 is 2.76 bits per heavy atom. The molecule has 1 aromatic heterocycles. The maximum absolute atomic E-state index is 5.12. The first kappa shape index (κ1) is 12.0. The summed E-state index contributed by atoms with van der Waals surface area (Å²) in [7, 11) is 0. The Labute approximate surface area is 102 Å². The van der Waals surface area contributed by atoms with E-state index in [1.807, 2.05) is 13.8 Å². The second-order valence-electron chi connectivity index (χ2n) is 4.42. The zero-order chi connectivity index (χ0) is 12.3. The van der Waals surface area contributed by atoms with E-state index in [4.69, 9.17) is 4.52 Å². The summed E-state index contributed by atoms with van der Waals surface area (Å²) in [5.74, 6) is 1.74. The highest BCUT2D eigenvalue weighted by Gasteiger charge is 2.22. The van der Waals surface area contributed by atoms with Crippen LogP contribution in [0.1, 0.15) is 36.8 Å². The highest BCUT2D eigenvalue weighted by molar-refractivity contribution is 5.80. The largest absolute Gasteiger partial charge is 0.361 e. The standard InChI is InChI=1S/C12H20N4O/c1-4-13-12(15-10-5-6-10)14-7-11-8(2)16-17-9(11)3/h10H,4-7H2,1-3H3,(H2,13,14,15). The summed E-state index contributed by atoms with van der Waals surface area (Å²) >= 11 is 0. The smallest absolute Gasteiger partial charge is 0.191 e. The van der Waals surface area contributed by atoms with Gasteiger partial charge in [-0.15, -0.1) is 0 Å². The van der Waals surface area contributed by atoms with Gasteiger partial charge in [-0.2, -0.15) is 0 Å². The average molecular weight is 236 g/mol. The SMILES string of the molecule is CCNC(=NCc1c(C)noc1C)NC1CC1. The number of nitrogens with one attached hydrogen (secondary N) is 2. The molecule has 0 atom stereocenters. The van der Waals surface area contributed by atoms with Gasteiger partial charge in [-0.3, -0.25) is 0 Å². The molecule has 1 aliphatic rings. The van der Waals surface area contributed by atoms with Crippen molar-refractivity contribution in [3.63, 3.8) is 0 Å². The highest BCUT2D eigenvalue weighted by atomic mass is 16.5. The topological polar surface area (TPSA) is 62.5 Å². The van der Waals surface area contributed by atoms with Crippen LogP contribution >= 0.6 is 0 Å². The molecule has 0 saturated heterocycles. The van der Waals surface area contributed by atoms with Crippen molar-refractivity contribution < 1.29 is 4.52 Å². The third kappa shape index (κ3) is 3.22. The van der Waals surface area contributed by atoms with Crippen LogP contribution in [0.15, 0.2) is 9.52 Å². The molecule has 0 bridgehead atoms. The molecule has 0 aliphatic heterocycles. The Morgan fingerprint density at radius 1 is 1.47 bits per heavy atom. The van der Waals surface area contributed by atoms with Crippen LogP contribution < -0.4 is 10.6 Å². The summed E-state index contributed by atoms with van der Waals surface area (Å²) in [5.41, 5.74) is 2.01. The molecule has 0 spiro atoms. The fraction of sp³-hybridized carbons (Fsp3) is 0.667. The summed E-state index contributed by atoms with van der Waals surface area (Å²) in [4.78, 5) is 4.55. The molecule has 0 aromatic carbocycles. The summed E-state index contributed by atoms with van der Waals surface area (Å²) < 4.78 is 5.12. The number of aryl methyl sites for hydroxylation is 2. The Morgan fingerprint density at radius 2 is 2.24 bits per heavy atom. The van der Waals surface area contributed by atoms with Gasteiger partial charge in [-0.1, -0.05) is 5.16 Å². The Balaban J connectivity index is 2.00. The maximum Gasteiger partial charge on any atom is 0.191 e. The zero-order valence-corrected chi connectivity index (χ0v) is 10.7. The third-order valence-corrected chi connectivity index (χ3v) is 2.84. The van der Waals surface area contributed by atoms with Gasteiger partial charge in [-0.25, -0.2) is 4.99 Å². The zero-order valence-electron chi connectivity index (χ0n) is 10.7. The lowest BCUT2D eigenvalue weighted by Crippen LogP contribution is -2.38. The quantitative estimate of drug-likeness (QED) is 0.614. The second-order valence-corrected chi connectivity index (χ2v) is 4.42. The summed E-state index contributed by atoms with van der Waals surface area (Å²) in [6, 6.07) is 0.609. The van der Waals surface area contributed by atoms with Gasteiger partial charge < -0.3 is 15.2 Å². The molecule has 0 unspecified atom stereocenters. The van der Waals surface area contributed by atoms with Crippen molar-refractivity contribution in [2.24, 2.45) is 4.99 Å². The maximum atomic E-state index is 5.12. The van der Waals surface area contributed by atoms with E-state index >= 15 is 0 Å². The van der Waals surface area contributed by atoms with E-state index in [1.54, 1.807) is 0 Å². The van der Waals surface area contributed by atoms with E-state index in [1.165, 1.54) is 12.8 Å². The molecule has 1 saturated carbocycles. The molecule has 1 fully saturated rings. The van der Waals surface area contributed by atoms with Crippen molar-refractivity contribution in [3.05, 3.63) is 17.0 Å². The average Bonchev–Trinajstić information content (AvgIpc) is 3.05. The van der Waals surface area contributed by atoms with Gasteiger partial charge in [0.05, 0.1) is 12.2 Å². The minimum Gasteiger partial charge on any atom is -0.361 e. The fourth-order valence-electron chi connectivity index (χ4n) is 1.63. The van der Waals surface area contributed by atoms with Crippen molar-refractivity contribution in [2.45, 2.75) is 46.2 Å². The van der Waals surface area contributed by atoms with Crippen molar-refractivity contribution in [3.8, 4) is 0 Å². The first-order valence-electron chi connectivity index (χ1n) is 6.17. The molecule has 94 valence electrons. The van der Waals surface area contributed by atoms with Gasteiger partial charge in [0.25, 0.3) is 0 Å². The molecular formula is C12H20N4O. The van der Waals surface area contributed by atoms with E-state index in [-0.39, 0.29) is 0 Å². The highest BCUT2D eigenvalue weighted by Crippen LogP contribution is 2.18. The van der Waals surface area contributed by atoms with E-state index in [9.17, 15) is 0 Å². The van der Waals surface area contributed by atoms with E-state index in [0.29, 0.717) is 12.6 Å². The van der Waals surface area contributed by atoms with Gasteiger partial charge >= 0.3 is 0 Å². The molecule has 2 rings (SSSR count). The minimum absolute atomic E-state index is 0.609. The van der Waals surface area contributed by atoms with Crippen LogP contribution in [0.3, 0.4) is 0 Å². The van der Waals surface area contributed by atoms with Gasteiger partial charge in [0.15, 0.2) is 5.96 Å². The lowest BCUT2D eigenvalue weighted by molar-refractivity contribution is 0.392. The van der Waals surface area contributed by atoms with Gasteiger partial charge in [0.2, 0.25) is 0 Å². The summed E-state index contributed by atoms with van der Waals surface area (Å²) in [6.45, 7) is 7.43. The molecule has 5 heteroatoms. The second kappa shape index (κ2) is 5.21. The molecule has 2 N–H and O–H groups in total. The van der Waals surface area contributed by atoms with Crippen LogP contribution in [-0.4, -0.2) is 23.7 Å². The Hall–Kier alpha value is -1.52. The van der Waals surface area contributed by atoms with Crippen LogP contribution in [0.2, 0.25) is 0 Å². The third-order valence-electron chi connectivity index (χ3n) is 2.84. The van der Waals surface area contributed by atoms with Gasteiger partial charge in [0, 0.05) is 18.2 Å². The van der Waals surface area contributed by atoms with Crippen LogP contribution in [0.4, 0.5) is 0 Å². The fourth-order valence-corrected chi connectivity index (χ4v) is 1.63. The lowest BCUT2D eigenvalue weighted by Gasteiger charge is -2.09. The minimum atomic E-state index is 0.609. The molecule has 0 radical (unpaired) electrons. The monoisotopic (exact) mass is 236 g/mol. The number of rotatable bonds is 4. The van der Waals surface area contributed by atoms with Crippen molar-refractivity contribution in [1.29, 1.82) is 0 Å². The van der Waals surface area contributed by atoms with E-state index in [2.05, 4.69) is 27.7 Å². The van der Waals surface area contributed by atoms with Crippen LogP contribution in [0, 0.1) is 13.8 Å². The molecule has 5 nitrogen and oxygen atoms in total. The van der Waals surface area contributed by atoms with E-state index in [0.717, 1.165) is 29.5 Å². The van der Waals surface area contributed by atoms with Crippen LogP contribution in [-0.2, 0) is 6.54 Å². The number of nitrogens with zero attached hydrogens (tertiary/aromatic N) is 2. The predicted molar refractivity (Wildman–Crippen MR) is 67.0 cm³/mol. The van der Waals surface area contributed by atoms with Crippen molar-refractivity contribution in [2.75, 3.05) is 6.54 Å². The van der Waals surface area contributed by atoms with Gasteiger partial charge in [-0.05, 0) is 33.6 Å². The Bertz CT molecular complexity index is 387. The normalized spacial score (nSPS) is 16.1. The van der Waals surface area contributed by atoms with Gasteiger partial charge in [0.1, 0.15) is 5.76 Å². The number of aromatic nitrogens is 1.